The van der Waals surface area contributed by atoms with E-state index in [-0.39, 0.29) is 5.91 Å². The number of hydrogen-bond donors (Lipinski definition) is 4. The summed E-state index contributed by atoms with van der Waals surface area (Å²) in [4.78, 5) is 32.4. The first-order valence-corrected chi connectivity index (χ1v) is 14.2. The van der Waals surface area contributed by atoms with Crippen LogP contribution in [0.2, 0.25) is 0 Å². The Morgan fingerprint density at radius 2 is 1.82 bits per heavy atom. The van der Waals surface area contributed by atoms with Crippen molar-refractivity contribution in [1.29, 1.82) is 0 Å². The van der Waals surface area contributed by atoms with Crippen molar-refractivity contribution in [2.24, 2.45) is 5.92 Å². The lowest BCUT2D eigenvalue weighted by Gasteiger charge is -2.28. The Morgan fingerprint density at radius 3 is 2.70 bits per heavy atom. The molecule has 2 fully saturated rings. The monoisotopic (exact) mass is 535 g/mol. The third-order valence-electron chi connectivity index (χ3n) is 8.14. The maximum Gasteiger partial charge on any atom is 0.224 e. The van der Waals surface area contributed by atoms with Gasteiger partial charge in [-0.1, -0.05) is 0 Å². The van der Waals surface area contributed by atoms with Crippen LogP contribution in [0.5, 0.6) is 0 Å². The van der Waals surface area contributed by atoms with Crippen molar-refractivity contribution < 1.29 is 4.79 Å². The van der Waals surface area contributed by atoms with E-state index in [0.29, 0.717) is 23.7 Å². The first kappa shape index (κ1) is 24.7. The molecule has 2 aliphatic rings. The number of carbonyl (C=O) groups excluding carboxylic acids is 1. The second kappa shape index (κ2) is 10.7. The molecule has 40 heavy (non-hydrogen) atoms. The number of H-pyrrole nitrogens is 2. The van der Waals surface area contributed by atoms with E-state index in [9.17, 15) is 4.79 Å². The van der Waals surface area contributed by atoms with Crippen LogP contribution in [-0.2, 0) is 4.79 Å². The molecule has 5 aromatic rings. The molecular formula is C30H33N9O. The molecule has 10 heteroatoms. The molecule has 0 saturated carbocycles. The standard InChI is InChI=1S/C30H33N9O/c40-27(12-19-4-7-31-8-5-19)35-22-13-20(16-32-18-22)21-14-24-28(37-38-29(24)34-17-21)26-15-23-25(36-26)6-9-33-30(23)39-10-2-1-3-11-39/h6,9,13-19,31,36H,1-5,7-8,10-12H2,(H,35,40)(H,34,37,38). The Morgan fingerprint density at radius 1 is 0.975 bits per heavy atom. The lowest BCUT2D eigenvalue weighted by atomic mass is 9.94. The number of carbonyl (C=O) groups is 1. The number of aromatic amines is 2. The van der Waals surface area contributed by atoms with E-state index in [1.165, 1.54) is 19.3 Å². The summed E-state index contributed by atoms with van der Waals surface area (Å²) in [6, 6.07) is 8.19. The maximum atomic E-state index is 12.7. The summed E-state index contributed by atoms with van der Waals surface area (Å²) in [6.07, 6.45) is 13.5. The van der Waals surface area contributed by atoms with Gasteiger partial charge < -0.3 is 20.5 Å². The Bertz CT molecular complexity index is 1660. The van der Waals surface area contributed by atoms with Gasteiger partial charge in [0.2, 0.25) is 5.91 Å². The van der Waals surface area contributed by atoms with E-state index in [1.54, 1.807) is 12.4 Å². The smallest absolute Gasteiger partial charge is 0.224 e. The molecule has 0 unspecified atom stereocenters. The van der Waals surface area contributed by atoms with Crippen molar-refractivity contribution in [3.63, 3.8) is 0 Å². The number of anilines is 2. The normalized spacial score (nSPS) is 16.6. The van der Waals surface area contributed by atoms with E-state index in [1.807, 2.05) is 24.5 Å². The molecular weight excluding hydrogens is 502 g/mol. The number of nitrogens with one attached hydrogen (secondary N) is 4. The number of amides is 1. The highest BCUT2D eigenvalue weighted by Crippen LogP contribution is 2.34. The van der Waals surface area contributed by atoms with Crippen LogP contribution >= 0.6 is 0 Å². The zero-order chi connectivity index (χ0) is 26.9. The summed E-state index contributed by atoms with van der Waals surface area (Å²) in [5.74, 6) is 1.50. The second-order valence-corrected chi connectivity index (χ2v) is 10.9. The van der Waals surface area contributed by atoms with Gasteiger partial charge >= 0.3 is 0 Å². The second-order valence-electron chi connectivity index (χ2n) is 10.9. The number of rotatable bonds is 6. The third-order valence-corrected chi connectivity index (χ3v) is 8.14. The largest absolute Gasteiger partial charge is 0.356 e. The number of nitrogens with zero attached hydrogens (tertiary/aromatic N) is 5. The molecule has 2 aliphatic heterocycles. The Hall–Kier alpha value is -4.31. The summed E-state index contributed by atoms with van der Waals surface area (Å²) < 4.78 is 0. The summed E-state index contributed by atoms with van der Waals surface area (Å²) in [7, 11) is 0. The predicted molar refractivity (Wildman–Crippen MR) is 157 cm³/mol. The van der Waals surface area contributed by atoms with Gasteiger partial charge in [0.25, 0.3) is 0 Å². The highest BCUT2D eigenvalue weighted by atomic mass is 16.1. The van der Waals surface area contributed by atoms with Crippen molar-refractivity contribution in [1.82, 2.24) is 35.5 Å². The third kappa shape index (κ3) is 4.90. The van der Waals surface area contributed by atoms with E-state index in [0.717, 1.165) is 83.6 Å². The molecule has 5 aromatic heterocycles. The zero-order valence-corrected chi connectivity index (χ0v) is 22.4. The number of piperidine rings is 2. The summed E-state index contributed by atoms with van der Waals surface area (Å²) in [5, 5.41) is 16.1. The van der Waals surface area contributed by atoms with Gasteiger partial charge in [-0.25, -0.2) is 9.97 Å². The minimum Gasteiger partial charge on any atom is -0.356 e. The summed E-state index contributed by atoms with van der Waals surface area (Å²) in [5.41, 5.74) is 5.97. The fourth-order valence-electron chi connectivity index (χ4n) is 6.02. The molecule has 7 rings (SSSR count). The van der Waals surface area contributed by atoms with Crippen LogP contribution < -0.4 is 15.5 Å². The molecule has 204 valence electrons. The molecule has 0 aliphatic carbocycles. The van der Waals surface area contributed by atoms with Crippen LogP contribution in [0.3, 0.4) is 0 Å². The average Bonchev–Trinajstić information content (AvgIpc) is 3.62. The predicted octanol–water partition coefficient (Wildman–Crippen LogP) is 4.88. The van der Waals surface area contributed by atoms with Gasteiger partial charge in [0.15, 0.2) is 5.65 Å². The Labute approximate surface area is 232 Å². The quantitative estimate of drug-likeness (QED) is 0.244. The molecule has 2 saturated heterocycles. The molecule has 0 bridgehead atoms. The number of fused-ring (bicyclic) bond motifs is 2. The van der Waals surface area contributed by atoms with Crippen LogP contribution in [0, 0.1) is 5.92 Å². The molecule has 4 N–H and O–H groups in total. The van der Waals surface area contributed by atoms with E-state index < -0.39 is 0 Å². The highest BCUT2D eigenvalue weighted by Gasteiger charge is 2.20. The fraction of sp³-hybridized carbons (Fsp3) is 0.367. The van der Waals surface area contributed by atoms with Crippen molar-refractivity contribution in [2.75, 3.05) is 36.4 Å². The number of aromatic nitrogens is 6. The van der Waals surface area contributed by atoms with Gasteiger partial charge in [-0.3, -0.25) is 14.9 Å². The lowest BCUT2D eigenvalue weighted by Crippen LogP contribution is -2.30. The Kier molecular flexibility index (Phi) is 6.60. The lowest BCUT2D eigenvalue weighted by molar-refractivity contribution is -0.117. The van der Waals surface area contributed by atoms with Crippen LogP contribution in [0.4, 0.5) is 11.5 Å². The minimum atomic E-state index is 0.0359. The first-order valence-electron chi connectivity index (χ1n) is 14.2. The molecule has 0 spiro atoms. The SMILES string of the molecule is O=C(CC1CCNCC1)Nc1cncc(-c2cnc3[nH]nc(-c4cc5c(N6CCCCC6)nccc5[nH]4)c3c2)c1. The van der Waals surface area contributed by atoms with Crippen LogP contribution in [0.15, 0.2) is 49.1 Å². The Balaban J connectivity index is 1.17. The topological polar surface area (TPSA) is 128 Å². The van der Waals surface area contributed by atoms with Crippen molar-refractivity contribution in [2.45, 2.75) is 38.5 Å². The van der Waals surface area contributed by atoms with E-state index >= 15 is 0 Å². The fourth-order valence-corrected chi connectivity index (χ4v) is 6.02. The molecule has 1 amide bonds. The van der Waals surface area contributed by atoms with Gasteiger partial charge in [0.1, 0.15) is 11.5 Å². The van der Waals surface area contributed by atoms with Crippen LogP contribution in [0.1, 0.15) is 38.5 Å². The van der Waals surface area contributed by atoms with Crippen molar-refractivity contribution >= 4 is 39.3 Å². The highest BCUT2D eigenvalue weighted by molar-refractivity contribution is 5.99. The minimum absolute atomic E-state index is 0.0359. The van der Waals surface area contributed by atoms with Crippen LogP contribution in [0.25, 0.3) is 44.5 Å². The van der Waals surface area contributed by atoms with Crippen molar-refractivity contribution in [3.8, 4) is 22.5 Å². The van der Waals surface area contributed by atoms with E-state index in [4.69, 9.17) is 4.98 Å². The summed E-state index contributed by atoms with van der Waals surface area (Å²) >= 11 is 0. The molecule has 10 nitrogen and oxygen atoms in total. The molecule has 0 aromatic carbocycles. The molecule has 0 atom stereocenters. The van der Waals surface area contributed by atoms with Gasteiger partial charge in [-0.05, 0) is 75.4 Å². The molecule has 0 radical (unpaired) electrons. The zero-order valence-electron chi connectivity index (χ0n) is 22.4. The van der Waals surface area contributed by atoms with Gasteiger partial charge in [-0.15, -0.1) is 0 Å². The molecule has 7 heterocycles. The average molecular weight is 536 g/mol. The van der Waals surface area contributed by atoms with E-state index in [2.05, 4.69) is 52.8 Å². The first-order chi connectivity index (χ1) is 19.7. The number of pyridine rings is 3. The maximum absolute atomic E-state index is 12.7. The number of hydrogen-bond acceptors (Lipinski definition) is 7. The summed E-state index contributed by atoms with van der Waals surface area (Å²) in [6.45, 7) is 4.04. The van der Waals surface area contributed by atoms with Crippen molar-refractivity contribution in [3.05, 3.63) is 49.1 Å². The van der Waals surface area contributed by atoms with Gasteiger partial charge in [0.05, 0.1) is 23.1 Å². The van der Waals surface area contributed by atoms with Gasteiger partial charge in [0, 0.05) is 60.0 Å². The van der Waals surface area contributed by atoms with Gasteiger partial charge in [-0.2, -0.15) is 5.10 Å². The van der Waals surface area contributed by atoms with Crippen LogP contribution in [-0.4, -0.2) is 62.2 Å².